The fraction of sp³-hybridized carbons (Fsp3) is 1.00. The zero-order chi connectivity index (χ0) is 11.2. The van der Waals surface area contributed by atoms with Crippen molar-refractivity contribution in [2.24, 2.45) is 0 Å². The van der Waals surface area contributed by atoms with Crippen LogP contribution in [0.3, 0.4) is 0 Å². The van der Waals surface area contributed by atoms with Crippen LogP contribution in [0.4, 0.5) is 0 Å². The second-order valence-electron chi connectivity index (χ2n) is 3.47. The first-order chi connectivity index (χ1) is 6.76. The van der Waals surface area contributed by atoms with Crippen molar-refractivity contribution in [2.45, 2.75) is 65.8 Å². The van der Waals surface area contributed by atoms with E-state index in [9.17, 15) is 0 Å². The Morgan fingerprint density at radius 2 is 1.64 bits per heavy atom. The summed E-state index contributed by atoms with van der Waals surface area (Å²) in [6, 6.07) is 0.770. The molecule has 0 saturated carbocycles. The van der Waals surface area contributed by atoms with Crippen LogP contribution in [0.15, 0.2) is 0 Å². The van der Waals surface area contributed by atoms with Gasteiger partial charge in [0.25, 0.3) is 0 Å². The van der Waals surface area contributed by atoms with Crippen LogP contribution in [0.5, 0.6) is 0 Å². The molecule has 1 unspecified atom stereocenters. The lowest BCUT2D eigenvalue weighted by Gasteiger charge is -2.14. The molecule has 14 heavy (non-hydrogen) atoms. The number of rotatable bonds is 7. The Bertz CT molecular complexity index is 86.4. The Hall–Kier alpha value is -0.0800. The second-order valence-corrected chi connectivity index (χ2v) is 3.47. The molecule has 0 aliphatic rings. The highest BCUT2D eigenvalue weighted by molar-refractivity contribution is 4.62. The first-order valence-electron chi connectivity index (χ1n) is 6.10. The number of unbranched alkanes of at least 4 members (excludes halogenated alkanes) is 2. The van der Waals surface area contributed by atoms with E-state index in [4.69, 9.17) is 5.11 Å². The van der Waals surface area contributed by atoms with Gasteiger partial charge in [-0.3, -0.25) is 0 Å². The molecule has 0 amide bonds. The number of hydrogen-bond donors (Lipinski definition) is 2. The maximum absolute atomic E-state index is 7.57. The second kappa shape index (κ2) is 15.4. The van der Waals surface area contributed by atoms with Gasteiger partial charge < -0.3 is 10.4 Å². The standard InChI is InChI=1S/C10H23N.C2H6O/c1-4-7-8-9-10(5-2)11-6-3;1-2-3/h10-11H,4-9H2,1-3H3;3H,2H2,1H3. The van der Waals surface area contributed by atoms with Crippen LogP contribution in [0.1, 0.15) is 59.8 Å². The molecule has 0 aromatic heterocycles. The zero-order valence-corrected chi connectivity index (χ0v) is 10.5. The molecule has 0 bridgehead atoms. The largest absolute Gasteiger partial charge is 0.397 e. The predicted molar refractivity (Wildman–Crippen MR) is 64.7 cm³/mol. The maximum Gasteiger partial charge on any atom is 0.0402 e. The highest BCUT2D eigenvalue weighted by atomic mass is 16.2. The summed E-state index contributed by atoms with van der Waals surface area (Å²) in [5.74, 6) is 0. The summed E-state index contributed by atoms with van der Waals surface area (Å²) in [6.45, 7) is 9.75. The third-order valence-electron chi connectivity index (χ3n) is 2.14. The van der Waals surface area contributed by atoms with E-state index in [1.54, 1.807) is 6.92 Å². The van der Waals surface area contributed by atoms with Gasteiger partial charge in [-0.2, -0.15) is 0 Å². The van der Waals surface area contributed by atoms with E-state index in [1.165, 1.54) is 32.1 Å². The lowest BCUT2D eigenvalue weighted by molar-refractivity contribution is 0.318. The Morgan fingerprint density at radius 1 is 1.07 bits per heavy atom. The molecule has 0 aliphatic carbocycles. The Balaban J connectivity index is 0. The molecular formula is C12H29NO. The van der Waals surface area contributed by atoms with Crippen LogP contribution in [-0.4, -0.2) is 24.3 Å². The summed E-state index contributed by atoms with van der Waals surface area (Å²) >= 11 is 0. The van der Waals surface area contributed by atoms with Crippen molar-refractivity contribution in [3.05, 3.63) is 0 Å². The Morgan fingerprint density at radius 3 is 2.00 bits per heavy atom. The van der Waals surface area contributed by atoms with Crippen molar-refractivity contribution in [3.8, 4) is 0 Å². The molecule has 2 nitrogen and oxygen atoms in total. The number of nitrogens with one attached hydrogen (secondary N) is 1. The average molecular weight is 203 g/mol. The topological polar surface area (TPSA) is 32.3 Å². The molecule has 0 fully saturated rings. The van der Waals surface area contributed by atoms with Crippen LogP contribution >= 0.6 is 0 Å². The van der Waals surface area contributed by atoms with Crippen LogP contribution in [0.25, 0.3) is 0 Å². The number of hydrogen-bond acceptors (Lipinski definition) is 2. The van der Waals surface area contributed by atoms with Crippen LogP contribution in [0, 0.1) is 0 Å². The minimum atomic E-state index is 0.250. The molecule has 0 rings (SSSR count). The van der Waals surface area contributed by atoms with Crippen molar-refractivity contribution in [1.29, 1.82) is 0 Å². The molecule has 0 spiro atoms. The minimum absolute atomic E-state index is 0.250. The van der Waals surface area contributed by atoms with E-state index in [2.05, 4.69) is 26.1 Å². The fourth-order valence-electron chi connectivity index (χ4n) is 1.38. The fourth-order valence-corrected chi connectivity index (χ4v) is 1.38. The highest BCUT2D eigenvalue weighted by Crippen LogP contribution is 2.05. The average Bonchev–Trinajstić information content (AvgIpc) is 2.18. The van der Waals surface area contributed by atoms with Gasteiger partial charge in [0.15, 0.2) is 0 Å². The first-order valence-corrected chi connectivity index (χ1v) is 6.10. The van der Waals surface area contributed by atoms with Crippen molar-refractivity contribution in [2.75, 3.05) is 13.2 Å². The molecule has 0 saturated heterocycles. The molecule has 0 heterocycles. The van der Waals surface area contributed by atoms with Gasteiger partial charge in [-0.1, -0.05) is 40.0 Å². The summed E-state index contributed by atoms with van der Waals surface area (Å²) in [5, 5.41) is 11.1. The van der Waals surface area contributed by atoms with Crippen molar-refractivity contribution < 1.29 is 5.11 Å². The van der Waals surface area contributed by atoms with E-state index in [1.807, 2.05) is 0 Å². The predicted octanol–water partition coefficient (Wildman–Crippen LogP) is 2.95. The van der Waals surface area contributed by atoms with Gasteiger partial charge in [0, 0.05) is 12.6 Å². The highest BCUT2D eigenvalue weighted by Gasteiger charge is 2.01. The van der Waals surface area contributed by atoms with Gasteiger partial charge in [0.2, 0.25) is 0 Å². The van der Waals surface area contributed by atoms with Crippen LogP contribution < -0.4 is 5.32 Å². The number of aliphatic hydroxyl groups is 1. The van der Waals surface area contributed by atoms with E-state index >= 15 is 0 Å². The molecule has 0 aromatic rings. The smallest absolute Gasteiger partial charge is 0.0402 e. The normalized spacial score (nSPS) is 11.8. The minimum Gasteiger partial charge on any atom is -0.397 e. The van der Waals surface area contributed by atoms with Gasteiger partial charge in [-0.25, -0.2) is 0 Å². The zero-order valence-electron chi connectivity index (χ0n) is 10.5. The van der Waals surface area contributed by atoms with Gasteiger partial charge in [-0.05, 0) is 26.3 Å². The quantitative estimate of drug-likeness (QED) is 0.624. The van der Waals surface area contributed by atoms with Gasteiger partial charge in [0.05, 0.1) is 0 Å². The molecule has 0 aliphatic heterocycles. The summed E-state index contributed by atoms with van der Waals surface area (Å²) < 4.78 is 0. The Kier molecular flexibility index (Phi) is 18.0. The Labute approximate surface area is 90.1 Å². The van der Waals surface area contributed by atoms with Crippen LogP contribution in [0.2, 0.25) is 0 Å². The van der Waals surface area contributed by atoms with E-state index in [0.717, 1.165) is 12.6 Å². The SMILES string of the molecule is CCCCCC(CC)NCC.CCO. The van der Waals surface area contributed by atoms with E-state index in [0.29, 0.717) is 0 Å². The molecule has 88 valence electrons. The van der Waals surface area contributed by atoms with Crippen molar-refractivity contribution >= 4 is 0 Å². The first kappa shape index (κ1) is 16.4. The molecular weight excluding hydrogens is 174 g/mol. The van der Waals surface area contributed by atoms with Crippen molar-refractivity contribution in [1.82, 2.24) is 5.32 Å². The van der Waals surface area contributed by atoms with Gasteiger partial charge in [0.1, 0.15) is 0 Å². The summed E-state index contributed by atoms with van der Waals surface area (Å²) in [5.41, 5.74) is 0. The molecule has 1 atom stereocenters. The molecule has 0 radical (unpaired) electrons. The van der Waals surface area contributed by atoms with Gasteiger partial charge >= 0.3 is 0 Å². The number of aliphatic hydroxyl groups excluding tert-OH is 1. The molecule has 2 N–H and O–H groups in total. The van der Waals surface area contributed by atoms with Crippen molar-refractivity contribution in [3.63, 3.8) is 0 Å². The summed E-state index contributed by atoms with van der Waals surface area (Å²) in [6.07, 6.45) is 6.75. The molecule has 0 aromatic carbocycles. The third kappa shape index (κ3) is 14.4. The van der Waals surface area contributed by atoms with Crippen LogP contribution in [-0.2, 0) is 0 Å². The van der Waals surface area contributed by atoms with E-state index in [-0.39, 0.29) is 6.61 Å². The monoisotopic (exact) mass is 203 g/mol. The lowest BCUT2D eigenvalue weighted by Crippen LogP contribution is -2.27. The summed E-state index contributed by atoms with van der Waals surface area (Å²) in [7, 11) is 0. The lowest BCUT2D eigenvalue weighted by atomic mass is 10.1. The van der Waals surface area contributed by atoms with E-state index < -0.39 is 0 Å². The maximum atomic E-state index is 7.57. The third-order valence-corrected chi connectivity index (χ3v) is 2.14. The van der Waals surface area contributed by atoms with Gasteiger partial charge in [-0.15, -0.1) is 0 Å². The molecule has 2 heteroatoms. The summed E-state index contributed by atoms with van der Waals surface area (Å²) in [4.78, 5) is 0.